The fourth-order valence-electron chi connectivity index (χ4n) is 1.79. The van der Waals surface area contributed by atoms with Gasteiger partial charge in [0.1, 0.15) is 0 Å². The zero-order valence-corrected chi connectivity index (χ0v) is 12.5. The highest BCUT2D eigenvalue weighted by atomic mass is 32.2. The van der Waals surface area contributed by atoms with Crippen molar-refractivity contribution in [2.75, 3.05) is 12.3 Å². The number of nitrogens with two attached hydrogens (primary N) is 1. The van der Waals surface area contributed by atoms with E-state index in [0.717, 1.165) is 17.1 Å². The molecule has 1 aromatic rings. The molecule has 0 saturated heterocycles. The Labute approximate surface area is 117 Å². The van der Waals surface area contributed by atoms with Gasteiger partial charge in [0.05, 0.1) is 4.88 Å². The fraction of sp³-hybridized carbons (Fsp3) is 0.615. The van der Waals surface area contributed by atoms with Crippen molar-refractivity contribution < 1.29 is 4.79 Å². The Kier molecular flexibility index (Phi) is 4.70. The summed E-state index contributed by atoms with van der Waals surface area (Å²) in [5, 5.41) is 2.93. The Balaban J connectivity index is 1.95. The largest absolute Gasteiger partial charge is 0.350 e. The normalized spacial score (nSPS) is 16.4. The van der Waals surface area contributed by atoms with Crippen molar-refractivity contribution in [2.24, 2.45) is 11.7 Å². The van der Waals surface area contributed by atoms with Crippen LogP contribution in [-0.2, 0) is 12.2 Å². The highest BCUT2D eigenvalue weighted by Gasteiger charge is 2.18. The smallest absolute Gasteiger partial charge is 0.261 e. The summed E-state index contributed by atoms with van der Waals surface area (Å²) >= 11 is 3.58. The fourth-order valence-corrected chi connectivity index (χ4v) is 4.08. The highest BCUT2D eigenvalue weighted by molar-refractivity contribution is 7.98. The molecule has 0 bridgehead atoms. The molecule has 1 aliphatic rings. The van der Waals surface area contributed by atoms with E-state index in [9.17, 15) is 4.79 Å². The van der Waals surface area contributed by atoms with Gasteiger partial charge >= 0.3 is 0 Å². The lowest BCUT2D eigenvalue weighted by Gasteiger charge is -2.15. The number of nitrogens with one attached hydrogen (secondary N) is 1. The molecule has 3 nitrogen and oxygen atoms in total. The number of amides is 1. The van der Waals surface area contributed by atoms with Crippen molar-refractivity contribution in [3.63, 3.8) is 0 Å². The lowest BCUT2D eigenvalue weighted by molar-refractivity contribution is 0.0953. The van der Waals surface area contributed by atoms with Gasteiger partial charge in [-0.2, -0.15) is 11.8 Å². The van der Waals surface area contributed by atoms with Crippen molar-refractivity contribution >= 4 is 29.0 Å². The molecule has 0 aromatic carbocycles. The zero-order valence-electron chi connectivity index (χ0n) is 10.9. The first-order valence-electron chi connectivity index (χ1n) is 6.31. The zero-order chi connectivity index (χ0) is 13.1. The van der Waals surface area contributed by atoms with Gasteiger partial charge in [0.2, 0.25) is 0 Å². The van der Waals surface area contributed by atoms with Crippen molar-refractivity contribution in [3.8, 4) is 0 Å². The van der Waals surface area contributed by atoms with Crippen LogP contribution >= 0.6 is 23.1 Å². The molecule has 0 radical (unpaired) electrons. The van der Waals surface area contributed by atoms with E-state index >= 15 is 0 Å². The first-order chi connectivity index (χ1) is 8.58. The minimum Gasteiger partial charge on any atom is -0.350 e. The van der Waals surface area contributed by atoms with Gasteiger partial charge in [-0.15, -0.1) is 11.3 Å². The van der Waals surface area contributed by atoms with Gasteiger partial charge in [-0.3, -0.25) is 4.79 Å². The van der Waals surface area contributed by atoms with E-state index in [-0.39, 0.29) is 11.9 Å². The average molecular weight is 284 g/mol. The minimum absolute atomic E-state index is 0.0236. The maximum atomic E-state index is 12.0. The third-order valence-corrected chi connectivity index (χ3v) is 5.45. The Bertz CT molecular complexity index is 405. The summed E-state index contributed by atoms with van der Waals surface area (Å²) in [6, 6.07) is 2.07. The molecule has 2 rings (SSSR count). The van der Waals surface area contributed by atoms with Crippen LogP contribution in [0.2, 0.25) is 0 Å². The molecule has 1 amide bonds. The number of hydrogen-bond acceptors (Lipinski definition) is 4. The second-order valence-corrected chi connectivity index (χ2v) is 7.22. The van der Waals surface area contributed by atoms with Crippen molar-refractivity contribution in [1.82, 2.24) is 5.32 Å². The molecule has 0 saturated carbocycles. The summed E-state index contributed by atoms with van der Waals surface area (Å²) in [6.45, 7) is 4.68. The predicted molar refractivity (Wildman–Crippen MR) is 79.3 cm³/mol. The van der Waals surface area contributed by atoms with Gasteiger partial charge in [-0.1, -0.05) is 13.8 Å². The van der Waals surface area contributed by atoms with Gasteiger partial charge in [-0.25, -0.2) is 0 Å². The van der Waals surface area contributed by atoms with E-state index in [1.165, 1.54) is 16.2 Å². The Morgan fingerprint density at radius 2 is 2.33 bits per heavy atom. The highest BCUT2D eigenvalue weighted by Crippen LogP contribution is 2.31. The predicted octanol–water partition coefficient (Wildman–Crippen LogP) is 2.25. The third-order valence-electron chi connectivity index (χ3n) is 3.21. The van der Waals surface area contributed by atoms with Crippen LogP contribution in [0.3, 0.4) is 0 Å². The number of fused-ring (bicyclic) bond motifs is 1. The first-order valence-corrected chi connectivity index (χ1v) is 8.28. The maximum Gasteiger partial charge on any atom is 0.261 e. The summed E-state index contributed by atoms with van der Waals surface area (Å²) < 4.78 is 0. The minimum atomic E-state index is 0.0236. The van der Waals surface area contributed by atoms with Crippen molar-refractivity contribution in [3.05, 3.63) is 21.4 Å². The van der Waals surface area contributed by atoms with E-state index in [1.54, 1.807) is 11.3 Å². The van der Waals surface area contributed by atoms with Crippen LogP contribution in [0.15, 0.2) is 6.07 Å². The van der Waals surface area contributed by atoms with Gasteiger partial charge in [0.15, 0.2) is 0 Å². The van der Waals surface area contributed by atoms with Gasteiger partial charge in [-0.05, 0) is 29.7 Å². The van der Waals surface area contributed by atoms with E-state index in [4.69, 9.17) is 5.73 Å². The SMILES string of the molecule is CC(C)C(N)CNC(=O)c1cc2c(s1)CCSC2. The van der Waals surface area contributed by atoms with E-state index in [0.29, 0.717) is 12.5 Å². The lowest BCUT2D eigenvalue weighted by atomic mass is 10.1. The van der Waals surface area contributed by atoms with Gasteiger partial charge in [0.25, 0.3) is 5.91 Å². The maximum absolute atomic E-state index is 12.0. The Hall–Kier alpha value is -0.520. The first kappa shape index (κ1) is 13.9. The molecular weight excluding hydrogens is 264 g/mol. The molecule has 2 heterocycles. The van der Waals surface area contributed by atoms with Crippen molar-refractivity contribution in [2.45, 2.75) is 32.1 Å². The number of carbonyl (C=O) groups is 1. The standard InChI is InChI=1S/C13H20N2OS2/c1-8(2)10(14)6-15-13(16)12-5-9-7-17-4-3-11(9)18-12/h5,8,10H,3-4,6-7,14H2,1-2H3,(H,15,16). The number of thioether (sulfide) groups is 1. The molecule has 1 unspecified atom stereocenters. The van der Waals surface area contributed by atoms with Crippen LogP contribution < -0.4 is 11.1 Å². The molecule has 1 aromatic heterocycles. The van der Waals surface area contributed by atoms with Gasteiger partial charge in [0, 0.05) is 23.2 Å². The van der Waals surface area contributed by atoms with Crippen LogP contribution in [0.4, 0.5) is 0 Å². The molecule has 1 atom stereocenters. The van der Waals surface area contributed by atoms with E-state index in [2.05, 4.69) is 19.2 Å². The lowest BCUT2D eigenvalue weighted by Crippen LogP contribution is -2.40. The summed E-state index contributed by atoms with van der Waals surface area (Å²) in [4.78, 5) is 14.2. The number of thiophene rings is 1. The average Bonchev–Trinajstić information content (AvgIpc) is 2.79. The number of rotatable bonds is 4. The summed E-state index contributed by atoms with van der Waals surface area (Å²) in [6.07, 6.45) is 1.10. The Morgan fingerprint density at radius 3 is 3.00 bits per heavy atom. The molecule has 3 N–H and O–H groups in total. The Morgan fingerprint density at radius 1 is 1.56 bits per heavy atom. The molecule has 0 fully saturated rings. The molecule has 0 aliphatic carbocycles. The van der Waals surface area contributed by atoms with Crippen LogP contribution in [0.1, 0.15) is 34.0 Å². The third kappa shape index (κ3) is 3.28. The summed E-state index contributed by atoms with van der Waals surface area (Å²) in [5.41, 5.74) is 7.27. The summed E-state index contributed by atoms with van der Waals surface area (Å²) in [5.74, 6) is 2.63. The van der Waals surface area contributed by atoms with E-state index in [1.807, 2.05) is 17.8 Å². The summed E-state index contributed by atoms with van der Waals surface area (Å²) in [7, 11) is 0. The molecule has 1 aliphatic heterocycles. The van der Waals surface area contributed by atoms with Crippen LogP contribution in [0, 0.1) is 5.92 Å². The number of hydrogen-bond donors (Lipinski definition) is 2. The monoisotopic (exact) mass is 284 g/mol. The molecule has 0 spiro atoms. The second kappa shape index (κ2) is 6.08. The van der Waals surface area contributed by atoms with Crippen LogP contribution in [0.25, 0.3) is 0 Å². The number of carbonyl (C=O) groups excluding carboxylic acids is 1. The van der Waals surface area contributed by atoms with E-state index < -0.39 is 0 Å². The molecule has 100 valence electrons. The van der Waals surface area contributed by atoms with Crippen LogP contribution in [0.5, 0.6) is 0 Å². The van der Waals surface area contributed by atoms with Crippen LogP contribution in [-0.4, -0.2) is 24.2 Å². The second-order valence-electron chi connectivity index (χ2n) is 4.98. The van der Waals surface area contributed by atoms with Crippen molar-refractivity contribution in [1.29, 1.82) is 0 Å². The number of aryl methyl sites for hydroxylation is 1. The molecule has 18 heavy (non-hydrogen) atoms. The van der Waals surface area contributed by atoms with Gasteiger partial charge < -0.3 is 11.1 Å². The topological polar surface area (TPSA) is 55.1 Å². The quantitative estimate of drug-likeness (QED) is 0.891. The molecular formula is C13H20N2OS2. The molecule has 5 heteroatoms.